The van der Waals surface area contributed by atoms with Crippen molar-refractivity contribution in [3.8, 4) is 0 Å². The number of hydrogen-bond acceptors (Lipinski definition) is 2. The molecule has 0 aliphatic rings. The Morgan fingerprint density at radius 3 is 2.37 bits per heavy atom. The number of carbonyl (C=O) groups excluding carboxylic acids is 1. The van der Waals surface area contributed by atoms with E-state index in [4.69, 9.17) is 5.73 Å². The second-order valence-electron chi connectivity index (χ2n) is 4.89. The van der Waals surface area contributed by atoms with Gasteiger partial charge in [0.25, 0.3) is 0 Å². The minimum Gasteiger partial charge on any atom is -0.326 e. The molecule has 0 aliphatic heterocycles. The van der Waals surface area contributed by atoms with E-state index in [-0.39, 0.29) is 5.78 Å². The topological polar surface area (TPSA) is 43.1 Å². The molecule has 19 heavy (non-hydrogen) atoms. The van der Waals surface area contributed by atoms with Crippen molar-refractivity contribution in [3.63, 3.8) is 0 Å². The molecule has 2 rings (SSSR count). The van der Waals surface area contributed by atoms with Gasteiger partial charge in [0.2, 0.25) is 0 Å². The first-order valence-electron chi connectivity index (χ1n) is 6.49. The Hall–Kier alpha value is -1.93. The Kier molecular flexibility index (Phi) is 4.13. The van der Waals surface area contributed by atoms with E-state index in [9.17, 15) is 4.79 Å². The summed E-state index contributed by atoms with van der Waals surface area (Å²) in [5.74, 6) is 0.151. The van der Waals surface area contributed by atoms with Crippen LogP contribution in [0.2, 0.25) is 0 Å². The van der Waals surface area contributed by atoms with Gasteiger partial charge in [-0.3, -0.25) is 4.79 Å². The van der Waals surface area contributed by atoms with Gasteiger partial charge in [0.05, 0.1) is 0 Å². The van der Waals surface area contributed by atoms with Crippen LogP contribution < -0.4 is 5.73 Å². The van der Waals surface area contributed by atoms with E-state index >= 15 is 0 Å². The average Bonchev–Trinajstić information content (AvgIpc) is 2.39. The number of nitrogens with two attached hydrogens (primary N) is 1. The molecule has 2 N–H and O–H groups in total. The Morgan fingerprint density at radius 2 is 1.74 bits per heavy atom. The molecule has 2 aromatic rings. The largest absolute Gasteiger partial charge is 0.326 e. The van der Waals surface area contributed by atoms with Gasteiger partial charge >= 0.3 is 0 Å². The molecule has 2 aromatic carbocycles. The Balaban J connectivity index is 2.26. The van der Waals surface area contributed by atoms with Gasteiger partial charge in [0.15, 0.2) is 5.78 Å². The highest BCUT2D eigenvalue weighted by atomic mass is 16.1. The van der Waals surface area contributed by atoms with Crippen LogP contribution in [0.15, 0.2) is 42.5 Å². The molecule has 0 aliphatic carbocycles. The summed E-state index contributed by atoms with van der Waals surface area (Å²) in [6.45, 7) is 4.48. The monoisotopic (exact) mass is 253 g/mol. The normalized spacial score (nSPS) is 10.5. The third-order valence-corrected chi connectivity index (χ3v) is 3.37. The van der Waals surface area contributed by atoms with Crippen molar-refractivity contribution in [1.82, 2.24) is 0 Å². The van der Waals surface area contributed by atoms with E-state index in [1.54, 1.807) is 0 Å². The second kappa shape index (κ2) is 5.81. The molecule has 0 unspecified atom stereocenters. The van der Waals surface area contributed by atoms with Crippen LogP contribution in [0.5, 0.6) is 0 Å². The highest BCUT2D eigenvalue weighted by molar-refractivity contribution is 5.99. The zero-order chi connectivity index (χ0) is 13.8. The first-order chi connectivity index (χ1) is 9.11. The summed E-state index contributed by atoms with van der Waals surface area (Å²) in [4.78, 5) is 12.4. The molecule has 98 valence electrons. The third kappa shape index (κ3) is 3.09. The maximum Gasteiger partial charge on any atom is 0.167 e. The number of hydrogen-bond donors (Lipinski definition) is 1. The summed E-state index contributed by atoms with van der Waals surface area (Å²) in [5.41, 5.74) is 10.8. The molecule has 2 heteroatoms. The van der Waals surface area contributed by atoms with E-state index in [1.807, 2.05) is 56.3 Å². The number of aryl methyl sites for hydroxylation is 2. The van der Waals surface area contributed by atoms with Crippen LogP contribution in [-0.4, -0.2) is 5.78 Å². The van der Waals surface area contributed by atoms with Crippen LogP contribution in [0.25, 0.3) is 0 Å². The molecule has 0 aromatic heterocycles. The molecule has 0 saturated heterocycles. The van der Waals surface area contributed by atoms with Crippen molar-refractivity contribution in [2.45, 2.75) is 26.8 Å². The standard InChI is InChI=1S/C17H19NO/c1-12-7-8-16(13(2)9-12)17(19)10-14-5-3-4-6-15(14)11-18/h3-9H,10-11,18H2,1-2H3. The average molecular weight is 253 g/mol. The predicted octanol–water partition coefficient (Wildman–Crippen LogP) is 3.19. The van der Waals surface area contributed by atoms with Crippen LogP contribution >= 0.6 is 0 Å². The first kappa shape index (κ1) is 13.5. The summed E-state index contributed by atoms with van der Waals surface area (Å²) in [7, 11) is 0. The summed E-state index contributed by atoms with van der Waals surface area (Å²) < 4.78 is 0. The Labute approximate surface area is 114 Å². The lowest BCUT2D eigenvalue weighted by Gasteiger charge is -2.09. The molecule has 0 spiro atoms. The van der Waals surface area contributed by atoms with Gasteiger partial charge < -0.3 is 5.73 Å². The SMILES string of the molecule is Cc1ccc(C(=O)Cc2ccccc2CN)c(C)c1. The quantitative estimate of drug-likeness (QED) is 0.850. The fraction of sp³-hybridized carbons (Fsp3) is 0.235. The lowest BCUT2D eigenvalue weighted by atomic mass is 9.95. The molecule has 2 nitrogen and oxygen atoms in total. The summed E-state index contributed by atoms with van der Waals surface area (Å²) in [5, 5.41) is 0. The van der Waals surface area contributed by atoms with Crippen LogP contribution in [-0.2, 0) is 13.0 Å². The summed E-state index contributed by atoms with van der Waals surface area (Å²) >= 11 is 0. The molecule has 0 atom stereocenters. The van der Waals surface area contributed by atoms with Crippen molar-refractivity contribution in [3.05, 3.63) is 70.3 Å². The van der Waals surface area contributed by atoms with Crippen molar-refractivity contribution in [2.24, 2.45) is 5.73 Å². The van der Waals surface area contributed by atoms with E-state index in [1.165, 1.54) is 5.56 Å². The fourth-order valence-corrected chi connectivity index (χ4v) is 2.32. The van der Waals surface area contributed by atoms with E-state index in [0.29, 0.717) is 13.0 Å². The van der Waals surface area contributed by atoms with Gasteiger partial charge in [0.1, 0.15) is 0 Å². The third-order valence-electron chi connectivity index (χ3n) is 3.37. The van der Waals surface area contributed by atoms with E-state index < -0.39 is 0 Å². The molecule has 0 saturated carbocycles. The molecule has 0 heterocycles. The van der Waals surface area contributed by atoms with Crippen molar-refractivity contribution in [1.29, 1.82) is 0 Å². The van der Waals surface area contributed by atoms with Gasteiger partial charge in [-0.15, -0.1) is 0 Å². The Bertz CT molecular complexity index is 602. The first-order valence-corrected chi connectivity index (χ1v) is 6.49. The second-order valence-corrected chi connectivity index (χ2v) is 4.89. The van der Waals surface area contributed by atoms with Crippen molar-refractivity contribution >= 4 is 5.78 Å². The molecule has 0 bridgehead atoms. The van der Waals surface area contributed by atoms with Crippen molar-refractivity contribution < 1.29 is 4.79 Å². The highest BCUT2D eigenvalue weighted by Gasteiger charge is 2.11. The number of benzene rings is 2. The van der Waals surface area contributed by atoms with Gasteiger partial charge in [-0.05, 0) is 30.5 Å². The van der Waals surface area contributed by atoms with E-state index in [0.717, 1.165) is 22.3 Å². The van der Waals surface area contributed by atoms with Crippen LogP contribution in [0.1, 0.15) is 32.6 Å². The van der Waals surface area contributed by atoms with Gasteiger partial charge in [0, 0.05) is 18.5 Å². The molecular weight excluding hydrogens is 234 g/mol. The minimum atomic E-state index is 0.151. The van der Waals surface area contributed by atoms with Crippen LogP contribution in [0, 0.1) is 13.8 Å². The number of Topliss-reactive ketones (excluding diaryl/α,β-unsaturated/α-hetero) is 1. The zero-order valence-corrected chi connectivity index (χ0v) is 11.4. The predicted molar refractivity (Wildman–Crippen MR) is 78.3 cm³/mol. The highest BCUT2D eigenvalue weighted by Crippen LogP contribution is 2.16. The maximum absolute atomic E-state index is 12.4. The lowest BCUT2D eigenvalue weighted by Crippen LogP contribution is -2.09. The smallest absolute Gasteiger partial charge is 0.167 e. The van der Waals surface area contributed by atoms with Gasteiger partial charge in [-0.2, -0.15) is 0 Å². The van der Waals surface area contributed by atoms with Gasteiger partial charge in [-0.25, -0.2) is 0 Å². The number of ketones is 1. The number of rotatable bonds is 4. The van der Waals surface area contributed by atoms with E-state index in [2.05, 4.69) is 0 Å². The van der Waals surface area contributed by atoms with Gasteiger partial charge in [-0.1, -0.05) is 48.0 Å². The molecular formula is C17H19NO. The van der Waals surface area contributed by atoms with Crippen LogP contribution in [0.4, 0.5) is 0 Å². The molecule has 0 fully saturated rings. The molecule has 0 radical (unpaired) electrons. The molecule has 0 amide bonds. The Morgan fingerprint density at radius 1 is 1.05 bits per heavy atom. The number of carbonyl (C=O) groups is 1. The van der Waals surface area contributed by atoms with Crippen LogP contribution in [0.3, 0.4) is 0 Å². The maximum atomic E-state index is 12.4. The fourth-order valence-electron chi connectivity index (χ4n) is 2.32. The lowest BCUT2D eigenvalue weighted by molar-refractivity contribution is 0.0992. The minimum absolute atomic E-state index is 0.151. The van der Waals surface area contributed by atoms with Crippen molar-refractivity contribution in [2.75, 3.05) is 0 Å². The summed E-state index contributed by atoms with van der Waals surface area (Å²) in [6, 6.07) is 13.8. The zero-order valence-electron chi connectivity index (χ0n) is 11.4. The summed E-state index contributed by atoms with van der Waals surface area (Å²) in [6.07, 6.45) is 0.414.